The van der Waals surface area contributed by atoms with E-state index >= 15 is 0 Å². The molecule has 0 spiro atoms. The van der Waals surface area contributed by atoms with Crippen LogP contribution in [0.3, 0.4) is 0 Å². The van der Waals surface area contributed by atoms with E-state index in [0.717, 1.165) is 16.5 Å². The first kappa shape index (κ1) is 16.2. The quantitative estimate of drug-likeness (QED) is 0.616. The van der Waals surface area contributed by atoms with Crippen molar-refractivity contribution in [2.24, 2.45) is 11.7 Å². The smallest absolute Gasteiger partial charge is 0.227 e. The lowest BCUT2D eigenvalue weighted by Crippen LogP contribution is -2.19. The number of carbonyl (C=O) groups is 1. The number of para-hydroxylation sites is 1. The summed E-state index contributed by atoms with van der Waals surface area (Å²) < 4.78 is 0. The van der Waals surface area contributed by atoms with Gasteiger partial charge < -0.3 is 11.1 Å². The molecule has 3 nitrogen and oxygen atoms in total. The molecule has 0 bridgehead atoms. The molecule has 3 N–H and O–H groups in total. The second-order valence-electron chi connectivity index (χ2n) is 5.87. The zero-order valence-electron chi connectivity index (χ0n) is 12.8. The van der Waals surface area contributed by atoms with Crippen molar-refractivity contribution in [2.75, 3.05) is 11.1 Å². The van der Waals surface area contributed by atoms with E-state index in [0.29, 0.717) is 11.8 Å². The largest absolute Gasteiger partial charge is 0.381 e. The molecule has 0 radical (unpaired) electrons. The minimum atomic E-state index is -0.268. The van der Waals surface area contributed by atoms with E-state index in [1.807, 2.05) is 12.1 Å². The molecule has 1 aliphatic rings. The summed E-state index contributed by atoms with van der Waals surface area (Å²) >= 11 is 1.52. The Hall–Kier alpha value is -1.16. The van der Waals surface area contributed by atoms with E-state index in [-0.39, 0.29) is 5.91 Å². The third-order valence-electron chi connectivity index (χ3n) is 4.28. The highest BCUT2D eigenvalue weighted by Gasteiger charge is 2.18. The number of carbonyl (C=O) groups excluding carboxylic acids is 1. The van der Waals surface area contributed by atoms with Gasteiger partial charge >= 0.3 is 0 Å². The van der Waals surface area contributed by atoms with Gasteiger partial charge in [0.05, 0.1) is 5.75 Å². The van der Waals surface area contributed by atoms with Crippen molar-refractivity contribution in [3.63, 3.8) is 0 Å². The third-order valence-corrected chi connectivity index (χ3v) is 5.38. The van der Waals surface area contributed by atoms with Crippen molar-refractivity contribution in [1.82, 2.24) is 0 Å². The van der Waals surface area contributed by atoms with Crippen LogP contribution in [0.5, 0.6) is 0 Å². The van der Waals surface area contributed by atoms with Crippen molar-refractivity contribution >= 4 is 23.4 Å². The molecular weight excluding hydrogens is 280 g/mol. The number of hydrogen-bond acceptors (Lipinski definition) is 3. The van der Waals surface area contributed by atoms with Crippen LogP contribution in [0.15, 0.2) is 29.2 Å². The molecule has 1 fully saturated rings. The summed E-state index contributed by atoms with van der Waals surface area (Å²) in [6, 6.07) is 8.76. The number of benzene rings is 1. The van der Waals surface area contributed by atoms with Crippen molar-refractivity contribution in [1.29, 1.82) is 0 Å². The summed E-state index contributed by atoms with van der Waals surface area (Å²) in [5, 5.41) is 3.68. The summed E-state index contributed by atoms with van der Waals surface area (Å²) in [5.41, 5.74) is 6.39. The molecule has 2 rings (SSSR count). The zero-order chi connectivity index (χ0) is 15.1. The molecule has 21 heavy (non-hydrogen) atoms. The number of amides is 1. The molecular formula is C17H26N2OS. The monoisotopic (exact) mass is 306 g/mol. The van der Waals surface area contributed by atoms with Crippen LogP contribution in [0.2, 0.25) is 0 Å². The molecule has 116 valence electrons. The Labute approximate surface area is 132 Å². The standard InChI is InChI=1S/C17H26N2OS/c1-2-13-6-5-7-14(11-10-13)19-15-8-3-4-9-16(15)21-12-17(18)20/h3-4,8-9,13-14,19H,2,5-7,10-12H2,1H3,(H2,18,20). The highest BCUT2D eigenvalue weighted by atomic mass is 32.2. The van der Waals surface area contributed by atoms with Crippen LogP contribution in [-0.4, -0.2) is 17.7 Å². The Morgan fingerprint density at radius 1 is 1.29 bits per heavy atom. The second-order valence-corrected chi connectivity index (χ2v) is 6.89. The highest BCUT2D eigenvalue weighted by Crippen LogP contribution is 2.31. The number of primary amides is 1. The van der Waals surface area contributed by atoms with Crippen LogP contribution < -0.4 is 11.1 Å². The molecule has 1 aromatic carbocycles. The van der Waals surface area contributed by atoms with Crippen LogP contribution in [0, 0.1) is 5.92 Å². The first-order valence-corrected chi connectivity index (χ1v) is 8.94. The minimum absolute atomic E-state index is 0.268. The van der Waals surface area contributed by atoms with Crippen LogP contribution in [0.4, 0.5) is 5.69 Å². The van der Waals surface area contributed by atoms with Gasteiger partial charge in [0, 0.05) is 16.6 Å². The number of rotatable bonds is 6. The van der Waals surface area contributed by atoms with Crippen LogP contribution >= 0.6 is 11.8 Å². The second kappa shape index (κ2) is 8.32. The number of nitrogens with one attached hydrogen (secondary N) is 1. The molecule has 1 saturated carbocycles. The summed E-state index contributed by atoms with van der Waals surface area (Å²) in [6.07, 6.45) is 7.79. The van der Waals surface area contributed by atoms with Crippen molar-refractivity contribution in [3.8, 4) is 0 Å². The average Bonchev–Trinajstić information content (AvgIpc) is 2.71. The topological polar surface area (TPSA) is 55.1 Å². The molecule has 1 aliphatic carbocycles. The van der Waals surface area contributed by atoms with E-state index in [2.05, 4.69) is 24.4 Å². The molecule has 2 atom stereocenters. The van der Waals surface area contributed by atoms with Gasteiger partial charge in [0.1, 0.15) is 0 Å². The summed E-state index contributed by atoms with van der Waals surface area (Å²) in [7, 11) is 0. The number of hydrogen-bond donors (Lipinski definition) is 2. The number of anilines is 1. The lowest BCUT2D eigenvalue weighted by atomic mass is 9.98. The zero-order valence-corrected chi connectivity index (χ0v) is 13.6. The van der Waals surface area contributed by atoms with Gasteiger partial charge in [-0.1, -0.05) is 38.3 Å². The lowest BCUT2D eigenvalue weighted by Gasteiger charge is -2.20. The highest BCUT2D eigenvalue weighted by molar-refractivity contribution is 8.00. The lowest BCUT2D eigenvalue weighted by molar-refractivity contribution is -0.115. The summed E-state index contributed by atoms with van der Waals surface area (Å²) in [6.45, 7) is 2.30. The molecule has 1 aromatic rings. The van der Waals surface area contributed by atoms with Gasteiger partial charge in [0.2, 0.25) is 5.91 Å². The maximum Gasteiger partial charge on any atom is 0.227 e. The molecule has 0 heterocycles. The van der Waals surface area contributed by atoms with Crippen LogP contribution in [-0.2, 0) is 4.79 Å². The Kier molecular flexibility index (Phi) is 6.43. The fraction of sp³-hybridized carbons (Fsp3) is 0.588. The Balaban J connectivity index is 1.97. The first-order valence-electron chi connectivity index (χ1n) is 7.95. The average molecular weight is 306 g/mol. The van der Waals surface area contributed by atoms with Gasteiger partial charge in [-0.25, -0.2) is 0 Å². The van der Waals surface area contributed by atoms with Crippen LogP contribution in [0.25, 0.3) is 0 Å². The van der Waals surface area contributed by atoms with Crippen molar-refractivity contribution < 1.29 is 4.79 Å². The third kappa shape index (κ3) is 5.27. The Morgan fingerprint density at radius 3 is 2.86 bits per heavy atom. The minimum Gasteiger partial charge on any atom is -0.381 e. The molecule has 0 aromatic heterocycles. The Bertz CT molecular complexity index is 464. The van der Waals surface area contributed by atoms with Gasteiger partial charge in [0.25, 0.3) is 0 Å². The number of nitrogens with two attached hydrogens (primary N) is 1. The van der Waals surface area contributed by atoms with E-state index in [4.69, 9.17) is 5.73 Å². The van der Waals surface area contributed by atoms with Gasteiger partial charge in [0.15, 0.2) is 0 Å². The van der Waals surface area contributed by atoms with E-state index < -0.39 is 0 Å². The van der Waals surface area contributed by atoms with Gasteiger partial charge in [-0.05, 0) is 37.3 Å². The maximum absolute atomic E-state index is 11.0. The van der Waals surface area contributed by atoms with Gasteiger partial charge in [-0.3, -0.25) is 4.79 Å². The van der Waals surface area contributed by atoms with Gasteiger partial charge in [-0.15, -0.1) is 11.8 Å². The van der Waals surface area contributed by atoms with Gasteiger partial charge in [-0.2, -0.15) is 0 Å². The van der Waals surface area contributed by atoms with Crippen molar-refractivity contribution in [3.05, 3.63) is 24.3 Å². The predicted molar refractivity (Wildman–Crippen MR) is 90.6 cm³/mol. The van der Waals surface area contributed by atoms with E-state index in [9.17, 15) is 4.79 Å². The Morgan fingerprint density at radius 2 is 2.10 bits per heavy atom. The predicted octanol–water partition coefficient (Wildman–Crippen LogP) is 4.03. The molecule has 0 aliphatic heterocycles. The summed E-state index contributed by atoms with van der Waals surface area (Å²) in [5.74, 6) is 0.965. The van der Waals surface area contributed by atoms with E-state index in [1.165, 1.54) is 50.3 Å². The molecule has 0 saturated heterocycles. The van der Waals surface area contributed by atoms with Crippen LogP contribution in [0.1, 0.15) is 45.4 Å². The molecule has 1 amide bonds. The fourth-order valence-electron chi connectivity index (χ4n) is 3.01. The number of thioether (sulfide) groups is 1. The fourth-order valence-corrected chi connectivity index (χ4v) is 3.77. The first-order chi connectivity index (χ1) is 10.2. The molecule has 4 heteroatoms. The normalized spacial score (nSPS) is 22.5. The summed E-state index contributed by atoms with van der Waals surface area (Å²) in [4.78, 5) is 12.1. The van der Waals surface area contributed by atoms with Crippen molar-refractivity contribution in [2.45, 2.75) is 56.4 Å². The molecule has 2 unspecified atom stereocenters. The SMILES string of the molecule is CCC1CCCC(Nc2ccccc2SCC(N)=O)CC1. The maximum atomic E-state index is 11.0. The van der Waals surface area contributed by atoms with E-state index in [1.54, 1.807) is 0 Å².